The maximum Gasteiger partial charge on any atom is 0.0719 e. The zero-order chi connectivity index (χ0) is 15.9. The molecule has 0 aliphatic heterocycles. The van der Waals surface area contributed by atoms with Crippen LogP contribution in [0.25, 0.3) is 0 Å². The lowest BCUT2D eigenvalue weighted by Gasteiger charge is -2.21. The molecule has 0 radical (unpaired) electrons. The molecule has 0 saturated heterocycles. The van der Waals surface area contributed by atoms with Crippen molar-refractivity contribution in [3.63, 3.8) is 0 Å². The Morgan fingerprint density at radius 1 is 0.952 bits per heavy atom. The molecule has 1 aromatic rings. The van der Waals surface area contributed by atoms with Crippen LogP contribution in [0.3, 0.4) is 0 Å². The van der Waals surface area contributed by atoms with Crippen molar-refractivity contribution in [3.8, 4) is 0 Å². The third-order valence-corrected chi connectivity index (χ3v) is 3.42. The van der Waals surface area contributed by atoms with Gasteiger partial charge >= 0.3 is 0 Å². The smallest absolute Gasteiger partial charge is 0.0719 e. The van der Waals surface area contributed by atoms with E-state index in [-0.39, 0.29) is 5.54 Å². The second kappa shape index (κ2) is 7.95. The Bertz CT molecular complexity index is 412. The summed E-state index contributed by atoms with van der Waals surface area (Å²) in [6.45, 7) is 15.9. The summed E-state index contributed by atoms with van der Waals surface area (Å²) >= 11 is 0. The highest BCUT2D eigenvalue weighted by molar-refractivity contribution is 5.26. The maximum atomic E-state index is 5.86. The van der Waals surface area contributed by atoms with Gasteiger partial charge in [-0.1, -0.05) is 45.0 Å². The van der Waals surface area contributed by atoms with Crippen molar-refractivity contribution in [1.29, 1.82) is 0 Å². The first-order valence-corrected chi connectivity index (χ1v) is 8.07. The van der Waals surface area contributed by atoms with Crippen LogP contribution >= 0.6 is 0 Å². The second-order valence-corrected chi connectivity index (χ2v) is 8.06. The van der Waals surface area contributed by atoms with Gasteiger partial charge in [-0.25, -0.2) is 0 Å². The third-order valence-electron chi connectivity index (χ3n) is 3.42. The van der Waals surface area contributed by atoms with E-state index in [1.54, 1.807) is 0 Å². The van der Waals surface area contributed by atoms with Crippen LogP contribution in [-0.2, 0) is 17.8 Å². The highest BCUT2D eigenvalue weighted by Crippen LogP contribution is 2.19. The van der Waals surface area contributed by atoms with E-state index in [0.717, 1.165) is 32.6 Å². The zero-order valence-electron chi connectivity index (χ0n) is 14.8. The van der Waals surface area contributed by atoms with Crippen molar-refractivity contribution in [2.75, 3.05) is 13.2 Å². The van der Waals surface area contributed by atoms with Gasteiger partial charge in [-0.15, -0.1) is 0 Å². The number of nitrogens with one attached hydrogen (secondary N) is 1. The average molecular weight is 291 g/mol. The Balaban J connectivity index is 2.44. The molecule has 0 aliphatic rings. The lowest BCUT2D eigenvalue weighted by Crippen LogP contribution is -2.37. The van der Waals surface area contributed by atoms with Crippen molar-refractivity contribution in [1.82, 2.24) is 5.32 Å². The Morgan fingerprint density at radius 3 is 2.14 bits per heavy atom. The molecule has 0 aliphatic carbocycles. The molecule has 0 bridgehead atoms. The lowest BCUT2D eigenvalue weighted by atomic mass is 9.93. The van der Waals surface area contributed by atoms with Crippen molar-refractivity contribution in [2.45, 2.75) is 66.5 Å². The van der Waals surface area contributed by atoms with E-state index in [4.69, 9.17) is 4.74 Å². The summed E-state index contributed by atoms with van der Waals surface area (Å²) < 4.78 is 5.86. The van der Waals surface area contributed by atoms with Gasteiger partial charge in [-0.3, -0.25) is 0 Å². The molecule has 1 aromatic carbocycles. The summed E-state index contributed by atoms with van der Waals surface area (Å²) in [7, 11) is 0. The molecule has 1 rings (SSSR count). The highest BCUT2D eigenvalue weighted by atomic mass is 16.5. The van der Waals surface area contributed by atoms with Crippen LogP contribution in [0.5, 0.6) is 0 Å². The molecule has 2 heteroatoms. The minimum atomic E-state index is 0.179. The molecule has 0 aromatic heterocycles. The minimum absolute atomic E-state index is 0.179. The molecule has 2 nitrogen and oxygen atoms in total. The number of hydrogen-bond donors (Lipinski definition) is 1. The number of rotatable bonds is 7. The average Bonchev–Trinajstić information content (AvgIpc) is 2.33. The molecule has 21 heavy (non-hydrogen) atoms. The van der Waals surface area contributed by atoms with Crippen LogP contribution in [0.15, 0.2) is 24.3 Å². The normalized spacial score (nSPS) is 12.7. The maximum absolute atomic E-state index is 5.86. The van der Waals surface area contributed by atoms with Crippen LogP contribution in [-0.4, -0.2) is 18.7 Å². The molecule has 0 fully saturated rings. The molecular weight excluding hydrogens is 258 g/mol. The molecule has 0 atom stereocenters. The van der Waals surface area contributed by atoms with Crippen LogP contribution in [0.4, 0.5) is 0 Å². The van der Waals surface area contributed by atoms with Crippen molar-refractivity contribution < 1.29 is 4.74 Å². The Labute approximate surface area is 131 Å². The highest BCUT2D eigenvalue weighted by Gasteiger charge is 2.11. The van der Waals surface area contributed by atoms with Gasteiger partial charge in [0.05, 0.1) is 6.61 Å². The zero-order valence-corrected chi connectivity index (χ0v) is 14.8. The predicted octanol–water partition coefficient (Wildman–Crippen LogP) is 4.57. The van der Waals surface area contributed by atoms with Gasteiger partial charge in [0.1, 0.15) is 0 Å². The van der Waals surface area contributed by atoms with E-state index in [1.807, 2.05) is 0 Å². The first-order valence-electron chi connectivity index (χ1n) is 8.07. The fourth-order valence-electron chi connectivity index (χ4n) is 2.07. The molecular formula is C19H33NO. The van der Waals surface area contributed by atoms with E-state index in [0.29, 0.717) is 5.41 Å². The van der Waals surface area contributed by atoms with E-state index in [9.17, 15) is 0 Å². The van der Waals surface area contributed by atoms with Gasteiger partial charge in [-0.2, -0.15) is 0 Å². The largest absolute Gasteiger partial charge is 0.377 e. The first kappa shape index (κ1) is 18.2. The quantitative estimate of drug-likeness (QED) is 0.743. The molecule has 120 valence electrons. The molecule has 0 spiro atoms. The van der Waals surface area contributed by atoms with Gasteiger partial charge in [0.15, 0.2) is 0 Å². The second-order valence-electron chi connectivity index (χ2n) is 8.06. The van der Waals surface area contributed by atoms with Crippen LogP contribution in [0, 0.1) is 5.41 Å². The summed E-state index contributed by atoms with van der Waals surface area (Å²) in [4.78, 5) is 0. The van der Waals surface area contributed by atoms with Gasteiger partial charge in [0.2, 0.25) is 0 Å². The number of hydrogen-bond acceptors (Lipinski definition) is 2. The Kier molecular flexibility index (Phi) is 6.89. The van der Waals surface area contributed by atoms with Gasteiger partial charge < -0.3 is 10.1 Å². The molecule has 0 unspecified atom stereocenters. The predicted molar refractivity (Wildman–Crippen MR) is 91.6 cm³/mol. The van der Waals surface area contributed by atoms with E-state index < -0.39 is 0 Å². The summed E-state index contributed by atoms with van der Waals surface area (Å²) in [5.74, 6) is 0. The van der Waals surface area contributed by atoms with Crippen molar-refractivity contribution in [3.05, 3.63) is 35.4 Å². The number of ether oxygens (including phenoxy) is 1. The van der Waals surface area contributed by atoms with Crippen molar-refractivity contribution >= 4 is 0 Å². The van der Waals surface area contributed by atoms with Crippen molar-refractivity contribution in [2.24, 2.45) is 5.41 Å². The number of benzene rings is 1. The molecule has 0 saturated carbocycles. The van der Waals surface area contributed by atoms with Crippen LogP contribution < -0.4 is 5.32 Å². The summed E-state index contributed by atoms with van der Waals surface area (Å²) in [6.07, 6.45) is 2.15. The Morgan fingerprint density at radius 2 is 1.57 bits per heavy atom. The SMILES string of the molecule is CC(C)(C)CCOCc1ccccc1CCNC(C)(C)C. The lowest BCUT2D eigenvalue weighted by molar-refractivity contribution is 0.0958. The fourth-order valence-corrected chi connectivity index (χ4v) is 2.07. The standard InChI is InChI=1S/C19H33NO/c1-18(2,3)12-14-21-15-17-10-8-7-9-16(17)11-13-20-19(4,5)6/h7-10,20H,11-15H2,1-6H3. The summed E-state index contributed by atoms with van der Waals surface area (Å²) in [5.41, 5.74) is 3.24. The van der Waals surface area contributed by atoms with Crippen LogP contribution in [0.1, 0.15) is 59.1 Å². The fraction of sp³-hybridized carbons (Fsp3) is 0.684. The summed E-state index contributed by atoms with van der Waals surface area (Å²) in [6, 6.07) is 8.62. The Hall–Kier alpha value is -0.860. The summed E-state index contributed by atoms with van der Waals surface area (Å²) in [5, 5.41) is 3.54. The molecule has 0 heterocycles. The van der Waals surface area contributed by atoms with E-state index in [1.165, 1.54) is 11.1 Å². The topological polar surface area (TPSA) is 21.3 Å². The van der Waals surface area contributed by atoms with E-state index in [2.05, 4.69) is 71.1 Å². The van der Waals surface area contributed by atoms with Gasteiger partial charge in [0.25, 0.3) is 0 Å². The van der Waals surface area contributed by atoms with Gasteiger partial charge in [0, 0.05) is 12.1 Å². The van der Waals surface area contributed by atoms with Crippen LogP contribution in [0.2, 0.25) is 0 Å². The molecule has 0 amide bonds. The monoisotopic (exact) mass is 291 g/mol. The first-order chi connectivity index (χ1) is 9.67. The van der Waals surface area contributed by atoms with Gasteiger partial charge in [-0.05, 0) is 56.7 Å². The van der Waals surface area contributed by atoms with E-state index >= 15 is 0 Å². The third kappa shape index (κ3) is 8.90. The minimum Gasteiger partial charge on any atom is -0.377 e. The molecule has 1 N–H and O–H groups in total.